The Hall–Kier alpha value is -1.23. The highest BCUT2D eigenvalue weighted by atomic mass is 32.2. The van der Waals surface area contributed by atoms with Gasteiger partial charge in [-0.2, -0.15) is 0 Å². The Morgan fingerprint density at radius 3 is 2.64 bits per heavy atom. The molecule has 2 aliphatic rings. The summed E-state index contributed by atoms with van der Waals surface area (Å²) in [5.41, 5.74) is 4.45. The van der Waals surface area contributed by atoms with Gasteiger partial charge in [0, 0.05) is 12.9 Å². The minimum Gasteiger partial charge on any atom is -0.477 e. The summed E-state index contributed by atoms with van der Waals surface area (Å²) < 4.78 is 9.73. The van der Waals surface area contributed by atoms with Crippen LogP contribution in [0.1, 0.15) is 0 Å². The number of amides is 1. The summed E-state index contributed by atoms with van der Waals surface area (Å²) in [6.07, 6.45) is 1.67. The first-order valence-corrected chi connectivity index (χ1v) is 8.53. The molecule has 0 aromatic carbocycles. The van der Waals surface area contributed by atoms with E-state index in [2.05, 4.69) is 0 Å². The molecule has 0 spiro atoms. The number of methoxy groups -OCH3 is 2. The first-order chi connectivity index (χ1) is 10.3. The van der Waals surface area contributed by atoms with Crippen molar-refractivity contribution in [3.63, 3.8) is 0 Å². The Balaban J connectivity index is 2.47. The molecule has 10 heteroatoms. The van der Waals surface area contributed by atoms with Gasteiger partial charge in [0.15, 0.2) is 0 Å². The average Bonchev–Trinajstić information content (AvgIpc) is 2.53. The van der Waals surface area contributed by atoms with E-state index in [0.29, 0.717) is 5.57 Å². The summed E-state index contributed by atoms with van der Waals surface area (Å²) >= 11 is 2.42. The van der Waals surface area contributed by atoms with Gasteiger partial charge in [-0.1, -0.05) is 0 Å². The molecule has 3 N–H and O–H groups in total. The van der Waals surface area contributed by atoms with Gasteiger partial charge in [0.25, 0.3) is 5.91 Å². The van der Waals surface area contributed by atoms with Crippen molar-refractivity contribution in [1.29, 1.82) is 0 Å². The van der Waals surface area contributed by atoms with Crippen LogP contribution in [-0.2, 0) is 23.9 Å². The number of aliphatic carboxylic acids is 1. The van der Waals surface area contributed by atoms with Crippen molar-refractivity contribution >= 4 is 41.4 Å². The summed E-state index contributed by atoms with van der Waals surface area (Å²) in [5, 5.41) is 8.08. The van der Waals surface area contributed by atoms with Crippen LogP contribution in [0.25, 0.3) is 0 Å². The average molecular weight is 348 g/mol. The van der Waals surface area contributed by atoms with E-state index in [4.69, 9.17) is 15.2 Å². The van der Waals surface area contributed by atoms with Crippen molar-refractivity contribution in [1.82, 2.24) is 4.90 Å². The summed E-state index contributed by atoms with van der Waals surface area (Å²) in [6.45, 7) is 0. The summed E-state index contributed by atoms with van der Waals surface area (Å²) in [4.78, 5) is 36.8. The lowest BCUT2D eigenvalue weighted by Gasteiger charge is -2.54. The highest BCUT2D eigenvalue weighted by molar-refractivity contribution is 8.01. The molecule has 1 amide bonds. The molecule has 0 aromatic rings. The number of hydrogen-bond donors (Lipinski definition) is 2. The quantitative estimate of drug-likeness (QED) is 0.383. The first-order valence-electron chi connectivity index (χ1n) is 6.19. The third-order valence-corrected chi connectivity index (χ3v) is 5.91. The highest BCUT2D eigenvalue weighted by Gasteiger charge is 2.64. The van der Waals surface area contributed by atoms with Crippen LogP contribution in [-0.4, -0.2) is 70.4 Å². The molecule has 122 valence electrons. The Morgan fingerprint density at radius 2 is 2.18 bits per heavy atom. The molecular formula is C12H16N2O6S2. The Bertz CT molecular complexity index is 566. The molecule has 2 heterocycles. The number of rotatable bonds is 5. The number of β-lactam (4-membered cyclic amide) rings is 1. The number of nitrogens with zero attached hydrogens (tertiary/aromatic N) is 1. The Labute approximate surface area is 135 Å². The standard InChI is InChI=1S/C12H16N2O6S2/c1-19-9(17)7(21-3)5-4-22-11-12(13,20-2)10(18)14(11)6(5)8(15)16/h7,11H,4,13H2,1-3H3,(H,15,16)/t7?,11-,12?/m0/s1. The third kappa shape index (κ3) is 2.30. The van der Waals surface area contributed by atoms with Crippen LogP contribution < -0.4 is 5.73 Å². The second kappa shape index (κ2) is 6.11. The first kappa shape index (κ1) is 17.1. The number of carboxylic acid groups (broad SMARTS) is 1. The number of carbonyl (C=O) groups excluding carboxylic acids is 2. The summed E-state index contributed by atoms with van der Waals surface area (Å²) in [6, 6.07) is 0. The SMILES string of the molecule is COC(=O)C(SC)C1=C(C(=O)O)N2C(=O)C(N)(OC)[C@@H]2SC1. The molecule has 0 radical (unpaired) electrons. The van der Waals surface area contributed by atoms with Crippen LogP contribution in [0.2, 0.25) is 0 Å². The smallest absolute Gasteiger partial charge is 0.352 e. The minimum absolute atomic E-state index is 0.211. The van der Waals surface area contributed by atoms with Gasteiger partial charge in [-0.25, -0.2) is 4.79 Å². The topological polar surface area (TPSA) is 119 Å². The van der Waals surface area contributed by atoms with Gasteiger partial charge in [0.2, 0.25) is 5.72 Å². The molecule has 1 fully saturated rings. The zero-order valence-electron chi connectivity index (χ0n) is 12.2. The number of nitrogens with two attached hydrogens (primary N) is 1. The predicted octanol–water partition coefficient (Wildman–Crippen LogP) is -0.554. The second-order valence-corrected chi connectivity index (χ2v) is 6.66. The van der Waals surface area contributed by atoms with Gasteiger partial charge in [0.1, 0.15) is 16.3 Å². The molecule has 2 unspecified atom stereocenters. The molecule has 2 rings (SSSR count). The molecule has 1 saturated heterocycles. The maximum Gasteiger partial charge on any atom is 0.352 e. The minimum atomic E-state index is -1.53. The maximum absolute atomic E-state index is 12.2. The van der Waals surface area contributed by atoms with Crippen LogP contribution in [0.4, 0.5) is 0 Å². The van der Waals surface area contributed by atoms with Crippen LogP contribution in [0.15, 0.2) is 11.3 Å². The predicted molar refractivity (Wildman–Crippen MR) is 81.0 cm³/mol. The number of esters is 1. The molecule has 0 aliphatic carbocycles. The lowest BCUT2D eigenvalue weighted by Crippen LogP contribution is -2.78. The van der Waals surface area contributed by atoms with Crippen molar-refractivity contribution in [3.05, 3.63) is 11.3 Å². The zero-order chi connectivity index (χ0) is 16.7. The molecule has 3 atom stereocenters. The van der Waals surface area contributed by atoms with E-state index in [1.54, 1.807) is 6.26 Å². The van der Waals surface area contributed by atoms with E-state index in [-0.39, 0.29) is 11.4 Å². The van der Waals surface area contributed by atoms with E-state index >= 15 is 0 Å². The van der Waals surface area contributed by atoms with Crippen molar-refractivity contribution < 1.29 is 29.0 Å². The van der Waals surface area contributed by atoms with Gasteiger partial charge in [-0.05, 0) is 11.8 Å². The zero-order valence-corrected chi connectivity index (χ0v) is 13.8. The monoisotopic (exact) mass is 348 g/mol. The number of carbonyl (C=O) groups is 3. The number of thioether (sulfide) groups is 2. The largest absolute Gasteiger partial charge is 0.477 e. The van der Waals surface area contributed by atoms with Gasteiger partial charge < -0.3 is 14.6 Å². The molecule has 8 nitrogen and oxygen atoms in total. The number of ether oxygens (including phenoxy) is 2. The van der Waals surface area contributed by atoms with E-state index < -0.39 is 34.2 Å². The Kier molecular flexibility index (Phi) is 4.76. The molecular weight excluding hydrogens is 332 g/mol. The molecule has 0 aromatic heterocycles. The van der Waals surface area contributed by atoms with Crippen LogP contribution in [0.5, 0.6) is 0 Å². The van der Waals surface area contributed by atoms with Crippen molar-refractivity contribution in [2.45, 2.75) is 16.3 Å². The highest BCUT2D eigenvalue weighted by Crippen LogP contribution is 2.46. The lowest BCUT2D eigenvalue weighted by atomic mass is 9.98. The maximum atomic E-state index is 12.2. The third-order valence-electron chi connectivity index (χ3n) is 3.60. The molecule has 0 saturated carbocycles. The summed E-state index contributed by atoms with van der Waals surface area (Å²) in [7, 11) is 2.53. The van der Waals surface area contributed by atoms with Crippen molar-refractivity contribution in [3.8, 4) is 0 Å². The molecule has 22 heavy (non-hydrogen) atoms. The van der Waals surface area contributed by atoms with Crippen molar-refractivity contribution in [2.75, 3.05) is 26.2 Å². The van der Waals surface area contributed by atoms with Gasteiger partial charge in [-0.15, -0.1) is 23.5 Å². The fourth-order valence-corrected chi connectivity index (χ4v) is 4.76. The number of carboxylic acids is 1. The van der Waals surface area contributed by atoms with Gasteiger partial charge in [-0.3, -0.25) is 20.2 Å². The number of fused-ring (bicyclic) bond motifs is 1. The Morgan fingerprint density at radius 1 is 1.55 bits per heavy atom. The van der Waals surface area contributed by atoms with Crippen molar-refractivity contribution in [2.24, 2.45) is 5.73 Å². The van der Waals surface area contributed by atoms with Crippen LogP contribution in [0.3, 0.4) is 0 Å². The molecule has 0 bridgehead atoms. The second-order valence-electron chi connectivity index (χ2n) is 4.65. The fraction of sp³-hybridized carbons (Fsp3) is 0.583. The molecule has 2 aliphatic heterocycles. The van der Waals surface area contributed by atoms with Crippen LogP contribution in [0, 0.1) is 0 Å². The number of hydrogen-bond acceptors (Lipinski definition) is 8. The van der Waals surface area contributed by atoms with E-state index in [0.717, 1.165) is 16.7 Å². The van der Waals surface area contributed by atoms with Gasteiger partial charge in [0.05, 0.1) is 7.11 Å². The normalized spacial score (nSPS) is 28.8. The van der Waals surface area contributed by atoms with E-state index in [1.807, 2.05) is 0 Å². The van der Waals surface area contributed by atoms with Crippen LogP contribution >= 0.6 is 23.5 Å². The lowest BCUT2D eigenvalue weighted by molar-refractivity contribution is -0.183. The van der Waals surface area contributed by atoms with E-state index in [9.17, 15) is 19.5 Å². The summed E-state index contributed by atoms with van der Waals surface area (Å²) in [5.74, 6) is -2.22. The fourth-order valence-electron chi connectivity index (χ4n) is 2.45. The van der Waals surface area contributed by atoms with E-state index in [1.165, 1.54) is 26.0 Å². The van der Waals surface area contributed by atoms with Gasteiger partial charge >= 0.3 is 11.9 Å².